The summed E-state index contributed by atoms with van der Waals surface area (Å²) in [7, 11) is 1.71. The zero-order valence-electron chi connectivity index (χ0n) is 25.0. The lowest BCUT2D eigenvalue weighted by atomic mass is 9.51. The van der Waals surface area contributed by atoms with Crippen molar-refractivity contribution in [2.24, 2.45) is 5.41 Å². The van der Waals surface area contributed by atoms with Crippen molar-refractivity contribution in [1.82, 2.24) is 9.97 Å². The summed E-state index contributed by atoms with van der Waals surface area (Å²) in [6.07, 6.45) is 4.11. The van der Waals surface area contributed by atoms with Crippen molar-refractivity contribution in [3.63, 3.8) is 0 Å². The summed E-state index contributed by atoms with van der Waals surface area (Å²) < 4.78 is 42.2. The van der Waals surface area contributed by atoms with Crippen LogP contribution in [0, 0.1) is 22.6 Å². The Hall–Kier alpha value is -4.89. The molecule has 2 saturated carbocycles. The predicted octanol–water partition coefficient (Wildman–Crippen LogP) is 5.29. The summed E-state index contributed by atoms with van der Waals surface area (Å²) in [4.78, 5) is 53.6. The predicted molar refractivity (Wildman–Crippen MR) is 160 cm³/mol. The van der Waals surface area contributed by atoms with Crippen LogP contribution in [0.15, 0.2) is 67.6 Å². The van der Waals surface area contributed by atoms with E-state index in [-0.39, 0.29) is 59.2 Å². The third-order valence-electron chi connectivity index (χ3n) is 10.2. The molecule has 12 heteroatoms. The van der Waals surface area contributed by atoms with E-state index in [9.17, 15) is 32.8 Å². The minimum Gasteiger partial charge on any atom is -0.288 e. The van der Waals surface area contributed by atoms with E-state index in [2.05, 4.69) is 16.5 Å². The number of amides is 3. The van der Waals surface area contributed by atoms with Crippen LogP contribution in [0.4, 0.5) is 24.7 Å². The number of rotatable bonds is 5. The molecule has 234 valence electrons. The molecule has 0 N–H and O–H groups in total. The average Bonchev–Trinajstić information content (AvgIpc) is 3.40. The molecular weight excluding hydrogens is 597 g/mol. The molecule has 3 fully saturated rings. The number of pyridine rings is 2. The normalized spacial score (nSPS) is 26.2. The SMILES string of the molecule is C=C1c2ccccc2C(N(C(=O)C2CCC(=O)N2c2cc(C#N)ccn2)c2cncc(F)c2)C(=O)[N+]1(C)C1CC2(C1)CC(F)(F)C2. The number of quaternary nitrogens is 1. The van der Waals surface area contributed by atoms with E-state index in [1.807, 2.05) is 6.07 Å². The van der Waals surface area contributed by atoms with Gasteiger partial charge in [0.25, 0.3) is 5.91 Å². The van der Waals surface area contributed by atoms with Crippen molar-refractivity contribution in [2.45, 2.75) is 62.6 Å². The van der Waals surface area contributed by atoms with Crippen molar-refractivity contribution in [1.29, 1.82) is 5.26 Å². The van der Waals surface area contributed by atoms with Gasteiger partial charge in [-0.3, -0.25) is 24.4 Å². The van der Waals surface area contributed by atoms with Gasteiger partial charge in [-0.1, -0.05) is 18.2 Å². The first-order valence-electron chi connectivity index (χ1n) is 15.1. The molecule has 2 aliphatic heterocycles. The molecule has 3 amide bonds. The van der Waals surface area contributed by atoms with Crippen LogP contribution in [-0.4, -0.2) is 57.2 Å². The van der Waals surface area contributed by atoms with Gasteiger partial charge >= 0.3 is 5.91 Å². The Morgan fingerprint density at radius 2 is 1.89 bits per heavy atom. The number of hydrogen-bond donors (Lipinski definition) is 0. The fraction of sp³-hybridized carbons (Fsp3) is 0.353. The second-order valence-electron chi connectivity index (χ2n) is 13.0. The van der Waals surface area contributed by atoms with E-state index in [0.29, 0.717) is 29.7 Å². The van der Waals surface area contributed by atoms with Gasteiger partial charge in [-0.2, -0.15) is 5.26 Å². The number of alkyl halides is 2. The van der Waals surface area contributed by atoms with E-state index < -0.39 is 41.1 Å². The monoisotopic (exact) mass is 627 g/mol. The van der Waals surface area contributed by atoms with Crippen LogP contribution in [0.25, 0.3) is 5.70 Å². The van der Waals surface area contributed by atoms with Gasteiger partial charge in [0.15, 0.2) is 6.04 Å². The second kappa shape index (κ2) is 10.3. The molecule has 3 unspecified atom stereocenters. The van der Waals surface area contributed by atoms with Gasteiger partial charge < -0.3 is 0 Å². The quantitative estimate of drug-likeness (QED) is 0.356. The lowest BCUT2D eigenvalue weighted by Gasteiger charge is -2.61. The number of hydrogen-bond acceptors (Lipinski definition) is 6. The van der Waals surface area contributed by atoms with Crippen molar-refractivity contribution in [3.8, 4) is 6.07 Å². The van der Waals surface area contributed by atoms with E-state index in [1.165, 1.54) is 34.3 Å². The Kier molecular flexibility index (Phi) is 6.68. The largest absolute Gasteiger partial charge is 0.346 e. The number of anilines is 2. The number of nitriles is 1. The summed E-state index contributed by atoms with van der Waals surface area (Å²) >= 11 is 0. The molecule has 7 rings (SSSR count). The van der Waals surface area contributed by atoms with Crippen molar-refractivity contribution in [2.75, 3.05) is 16.8 Å². The maximum absolute atomic E-state index is 14.9. The average molecular weight is 628 g/mol. The second-order valence-corrected chi connectivity index (χ2v) is 13.0. The number of carbonyl (C=O) groups is 3. The van der Waals surface area contributed by atoms with Gasteiger partial charge in [-0.15, -0.1) is 0 Å². The molecule has 1 spiro atoms. The number of fused-ring (bicyclic) bond motifs is 1. The first kappa shape index (κ1) is 29.8. The Labute approximate surface area is 263 Å². The standard InChI is InChI=1S/C34H30F3N6O3/c1-20-25-5-3-4-6-26(25)30(32(46)43(20,2)24-13-33(14-24)18-34(36,37)19-33)41(23-12-22(35)16-39-17-23)31(45)27-7-8-29(44)42(27)28-11-21(15-38)9-10-40-28/h3-6,9-12,16-17,24,27,30H,1,7-8,13-14,18-19H2,2H3/q+1. The fourth-order valence-corrected chi connectivity index (χ4v) is 7.98. The van der Waals surface area contributed by atoms with Crippen molar-refractivity contribution >= 4 is 34.9 Å². The maximum atomic E-state index is 14.9. The summed E-state index contributed by atoms with van der Waals surface area (Å²) in [6.45, 7) is 4.30. The molecule has 0 bridgehead atoms. The Morgan fingerprint density at radius 3 is 2.59 bits per heavy atom. The van der Waals surface area contributed by atoms with E-state index in [4.69, 9.17) is 0 Å². The minimum absolute atomic E-state index is 0.0126. The Morgan fingerprint density at radius 1 is 1.15 bits per heavy atom. The zero-order valence-corrected chi connectivity index (χ0v) is 25.0. The molecule has 4 aliphatic rings. The molecule has 46 heavy (non-hydrogen) atoms. The van der Waals surface area contributed by atoms with Crippen LogP contribution in [0.5, 0.6) is 0 Å². The van der Waals surface area contributed by atoms with E-state index in [1.54, 1.807) is 31.3 Å². The van der Waals surface area contributed by atoms with Gasteiger partial charge in [-0.05, 0) is 36.6 Å². The maximum Gasteiger partial charge on any atom is 0.346 e. The Bertz CT molecular complexity index is 1860. The summed E-state index contributed by atoms with van der Waals surface area (Å²) in [5.74, 6) is -4.80. The molecule has 3 aromatic rings. The topological polar surface area (TPSA) is 107 Å². The molecule has 3 atom stereocenters. The highest BCUT2D eigenvalue weighted by Crippen LogP contribution is 2.65. The van der Waals surface area contributed by atoms with E-state index >= 15 is 0 Å². The highest BCUT2D eigenvalue weighted by atomic mass is 19.3. The number of nitrogens with zero attached hydrogens (tertiary/aromatic N) is 6. The lowest BCUT2D eigenvalue weighted by Crippen LogP contribution is -2.69. The number of halogens is 3. The highest BCUT2D eigenvalue weighted by molar-refractivity contribution is 6.11. The molecule has 2 aromatic heterocycles. The third kappa shape index (κ3) is 4.44. The van der Waals surface area contributed by atoms with E-state index in [0.717, 1.165) is 12.3 Å². The van der Waals surface area contributed by atoms with Crippen molar-refractivity contribution in [3.05, 3.63) is 90.1 Å². The number of aromatic nitrogens is 2. The van der Waals surface area contributed by atoms with Gasteiger partial charge in [0.1, 0.15) is 29.4 Å². The van der Waals surface area contributed by atoms with Crippen LogP contribution in [0.2, 0.25) is 0 Å². The Balaban J connectivity index is 1.34. The molecule has 2 aliphatic carbocycles. The van der Waals surface area contributed by atoms with Crippen LogP contribution < -0.4 is 9.80 Å². The molecule has 0 radical (unpaired) electrons. The molecule has 4 heterocycles. The molecule has 9 nitrogen and oxygen atoms in total. The summed E-state index contributed by atoms with van der Waals surface area (Å²) in [6, 6.07) is 10.3. The van der Waals surface area contributed by atoms with Crippen LogP contribution in [0.1, 0.15) is 61.3 Å². The van der Waals surface area contributed by atoms with Crippen LogP contribution >= 0.6 is 0 Å². The summed E-state index contributed by atoms with van der Waals surface area (Å²) in [5.41, 5.74) is 1.31. The number of likely N-dealkylation sites (N-methyl/N-ethyl adjacent to an activating group) is 1. The first-order valence-corrected chi connectivity index (χ1v) is 15.1. The molecule has 1 aromatic carbocycles. The van der Waals surface area contributed by atoms with Gasteiger partial charge in [-0.25, -0.2) is 27.4 Å². The van der Waals surface area contributed by atoms with Gasteiger partial charge in [0.2, 0.25) is 11.8 Å². The first-order chi connectivity index (χ1) is 21.9. The highest BCUT2D eigenvalue weighted by Gasteiger charge is 2.68. The lowest BCUT2D eigenvalue weighted by molar-refractivity contribution is -0.805. The zero-order chi connectivity index (χ0) is 32.6. The van der Waals surface area contributed by atoms with Crippen LogP contribution in [0.3, 0.4) is 0 Å². The molecular formula is C34H30F3N6O3+. The smallest absolute Gasteiger partial charge is 0.288 e. The summed E-state index contributed by atoms with van der Waals surface area (Å²) in [5, 5.41) is 9.44. The number of benzene rings is 1. The molecule has 1 saturated heterocycles. The number of carbonyl (C=O) groups excluding carboxylic acids is 3. The van der Waals surface area contributed by atoms with Crippen molar-refractivity contribution < 1.29 is 32.0 Å². The third-order valence-corrected chi connectivity index (χ3v) is 10.2. The minimum atomic E-state index is -2.71. The van der Waals surface area contributed by atoms with Gasteiger partial charge in [0.05, 0.1) is 36.8 Å². The fourth-order valence-electron chi connectivity index (χ4n) is 7.98. The van der Waals surface area contributed by atoms with Crippen LogP contribution in [-0.2, 0) is 14.4 Å². The van der Waals surface area contributed by atoms with Gasteiger partial charge in [0, 0.05) is 55.5 Å².